The Labute approximate surface area is 382 Å². The maximum Gasteiger partial charge on any atom is 0.165 e. The van der Waals surface area contributed by atoms with E-state index in [1.807, 2.05) is 38.2 Å². The minimum atomic E-state index is -0.204. The molecule has 9 aromatic rings. The molecule has 0 fully saturated rings. The average molecular weight is 1000 g/mol. The second kappa shape index (κ2) is 15.0. The summed E-state index contributed by atoms with van der Waals surface area (Å²) in [4.78, 5) is 23.6. The number of para-hydroxylation sites is 3. The van der Waals surface area contributed by atoms with E-state index >= 15 is 0 Å². The number of rotatable bonds is 6. The molecule has 2 aliphatic rings. The molecule has 0 atom stereocenters. The van der Waals surface area contributed by atoms with Gasteiger partial charge in [0.15, 0.2) is 5.82 Å². The van der Waals surface area contributed by atoms with Crippen LogP contribution in [0, 0.1) is 32.6 Å². The number of fused-ring (bicyclic) bond motifs is 7. The quantitative estimate of drug-likeness (QED) is 0.154. The van der Waals surface area contributed by atoms with Crippen molar-refractivity contribution in [2.75, 3.05) is 9.80 Å². The fourth-order valence-corrected chi connectivity index (χ4v) is 9.36. The molecule has 314 valence electrons. The zero-order valence-corrected chi connectivity index (χ0v) is 38.4. The third-order valence-corrected chi connectivity index (χ3v) is 12.3. The second-order valence-corrected chi connectivity index (χ2v) is 17.7. The smallest absolute Gasteiger partial charge is 0.165 e. The molecule has 0 spiro atoms. The molecule has 0 bridgehead atoms. The van der Waals surface area contributed by atoms with Crippen LogP contribution in [0.3, 0.4) is 0 Å². The van der Waals surface area contributed by atoms with Gasteiger partial charge in [0.25, 0.3) is 0 Å². The Morgan fingerprint density at radius 3 is 2.16 bits per heavy atom. The number of aryl methyl sites for hydroxylation is 2. The van der Waals surface area contributed by atoms with Gasteiger partial charge < -0.3 is 19.1 Å². The first-order valence-corrected chi connectivity index (χ1v) is 21.1. The monoisotopic (exact) mass is 1000 g/mol. The van der Waals surface area contributed by atoms with Crippen LogP contribution in [0.2, 0.25) is 0 Å². The van der Waals surface area contributed by atoms with Gasteiger partial charge in [0.2, 0.25) is 0 Å². The van der Waals surface area contributed by atoms with Crippen LogP contribution < -0.4 is 14.5 Å². The van der Waals surface area contributed by atoms with E-state index in [0.29, 0.717) is 29.0 Å². The Morgan fingerprint density at radius 2 is 1.37 bits per heavy atom. The summed E-state index contributed by atoms with van der Waals surface area (Å²) in [6, 6.07) is 51.7. The van der Waals surface area contributed by atoms with Crippen LogP contribution in [0.4, 0.5) is 22.7 Å². The SMILES string of the molecule is Cc1nc(C)nc(-c2ccc3c(c2N2[CH-]N(c4[c-]c(Oc5[c-]c6c(cc5)c5ccccc5n6-c5cc(C(C)(C)C)ccn5)ccc4)c4ccccc42)-c2ccccc2C3(C)C)n1.[Pt]. The Morgan fingerprint density at radius 1 is 0.651 bits per heavy atom. The summed E-state index contributed by atoms with van der Waals surface area (Å²) in [5.41, 5.74) is 12.7. The van der Waals surface area contributed by atoms with E-state index in [1.54, 1.807) is 0 Å². The van der Waals surface area contributed by atoms with Gasteiger partial charge in [0, 0.05) is 77.9 Å². The van der Waals surface area contributed by atoms with Crippen LogP contribution in [0.25, 0.3) is 50.1 Å². The molecule has 9 heteroatoms. The maximum absolute atomic E-state index is 6.65. The van der Waals surface area contributed by atoms with Crippen molar-refractivity contribution < 1.29 is 25.8 Å². The Hall–Kier alpha value is -6.63. The number of ether oxygens (including phenoxy) is 1. The van der Waals surface area contributed by atoms with Crippen LogP contribution in [-0.2, 0) is 31.9 Å². The molecule has 3 aromatic heterocycles. The van der Waals surface area contributed by atoms with Crippen molar-refractivity contribution in [3.63, 3.8) is 0 Å². The summed E-state index contributed by atoms with van der Waals surface area (Å²) in [7, 11) is 0. The van der Waals surface area contributed by atoms with Crippen LogP contribution in [0.1, 0.15) is 63.0 Å². The third-order valence-electron chi connectivity index (χ3n) is 12.3. The molecule has 0 radical (unpaired) electrons. The molecule has 8 nitrogen and oxygen atoms in total. The second-order valence-electron chi connectivity index (χ2n) is 17.7. The molecule has 11 rings (SSSR count). The number of nitrogens with zero attached hydrogens (tertiary/aromatic N) is 7. The molecular formula is C54H44N7OPt-3. The third kappa shape index (κ3) is 6.62. The van der Waals surface area contributed by atoms with Gasteiger partial charge >= 0.3 is 0 Å². The minimum Gasteiger partial charge on any atom is -0.509 e. The number of benzene rings is 6. The van der Waals surface area contributed by atoms with Crippen LogP contribution >= 0.6 is 0 Å². The van der Waals surface area contributed by atoms with E-state index < -0.39 is 0 Å². The molecule has 0 saturated carbocycles. The standard InChI is InChI=1S/C54H44N7O.Pt/c1-33-56-34(2)58-52(57-33)42-25-26-44-50(41-18-8-10-19-43(41)54(44,6)7)51(42)60-32-59(46-21-12-13-22-47(46)60)36-15-14-16-37(30-36)62-38-23-24-40-39-17-9-11-20-45(39)61(48(40)31-38)49-29-35(27-28-55-49)53(3,4)5;/h8-29,32H,1-7H3;/q-3;. The predicted molar refractivity (Wildman–Crippen MR) is 249 cm³/mol. The molecule has 1 aliphatic heterocycles. The van der Waals surface area contributed by atoms with Crippen molar-refractivity contribution in [3.05, 3.63) is 181 Å². The number of hydrogen-bond donors (Lipinski definition) is 0. The van der Waals surface area contributed by atoms with Crippen LogP contribution in [0.15, 0.2) is 134 Å². The molecule has 4 heterocycles. The van der Waals surface area contributed by atoms with Gasteiger partial charge in [-0.05, 0) is 83.3 Å². The number of aromatic nitrogens is 5. The Bertz CT molecular complexity index is 3250. The van der Waals surface area contributed by atoms with E-state index in [1.165, 1.54) is 27.8 Å². The van der Waals surface area contributed by atoms with Crippen molar-refractivity contribution in [1.82, 2.24) is 24.5 Å². The van der Waals surface area contributed by atoms with Gasteiger partial charge in [0.05, 0.1) is 0 Å². The summed E-state index contributed by atoms with van der Waals surface area (Å²) in [5.74, 6) is 4.02. The van der Waals surface area contributed by atoms with E-state index in [0.717, 1.165) is 55.9 Å². The van der Waals surface area contributed by atoms with Crippen molar-refractivity contribution >= 4 is 44.6 Å². The van der Waals surface area contributed by atoms with Crippen molar-refractivity contribution in [2.45, 2.75) is 59.3 Å². The maximum atomic E-state index is 6.65. The van der Waals surface area contributed by atoms with E-state index in [2.05, 4.69) is 182 Å². The molecule has 0 amide bonds. The van der Waals surface area contributed by atoms with Gasteiger partial charge in [-0.25, -0.2) is 19.9 Å². The normalized spacial score (nSPS) is 13.8. The molecule has 6 aromatic carbocycles. The molecule has 0 unspecified atom stereocenters. The van der Waals surface area contributed by atoms with Crippen LogP contribution in [-0.4, -0.2) is 24.5 Å². The number of hydrogen-bond acceptors (Lipinski definition) is 7. The van der Waals surface area contributed by atoms with Crippen molar-refractivity contribution in [2.24, 2.45) is 0 Å². The number of pyridine rings is 1. The van der Waals surface area contributed by atoms with E-state index in [9.17, 15) is 0 Å². The predicted octanol–water partition coefficient (Wildman–Crippen LogP) is 13.1. The summed E-state index contributed by atoms with van der Waals surface area (Å²) in [6.07, 6.45) is 1.90. The fourth-order valence-electron chi connectivity index (χ4n) is 9.36. The zero-order chi connectivity index (χ0) is 42.5. The van der Waals surface area contributed by atoms with E-state index in [4.69, 9.17) is 19.7 Å². The summed E-state index contributed by atoms with van der Waals surface area (Å²) in [5, 5.41) is 2.21. The summed E-state index contributed by atoms with van der Waals surface area (Å²) >= 11 is 0. The topological polar surface area (TPSA) is 72.2 Å². The first kappa shape index (κ1) is 40.4. The molecule has 1 aliphatic carbocycles. The minimum absolute atomic E-state index is 0. The van der Waals surface area contributed by atoms with Gasteiger partial charge in [-0.1, -0.05) is 101 Å². The summed E-state index contributed by atoms with van der Waals surface area (Å²) < 4.78 is 8.84. The Kier molecular flexibility index (Phi) is 9.64. The van der Waals surface area contributed by atoms with Gasteiger partial charge in [-0.2, -0.15) is 12.1 Å². The van der Waals surface area contributed by atoms with Gasteiger partial charge in [-0.3, -0.25) is 0 Å². The van der Waals surface area contributed by atoms with Gasteiger partial charge in [0.1, 0.15) is 17.5 Å². The van der Waals surface area contributed by atoms with Crippen molar-refractivity contribution in [3.8, 4) is 39.8 Å². The van der Waals surface area contributed by atoms with E-state index in [-0.39, 0.29) is 31.9 Å². The fraction of sp³-hybridized carbons (Fsp3) is 0.167. The summed E-state index contributed by atoms with van der Waals surface area (Å²) in [6.45, 7) is 17.3. The molecule has 0 N–H and O–H groups in total. The largest absolute Gasteiger partial charge is 0.509 e. The molecule has 63 heavy (non-hydrogen) atoms. The van der Waals surface area contributed by atoms with Crippen LogP contribution in [0.5, 0.6) is 11.5 Å². The first-order chi connectivity index (χ1) is 29.9. The first-order valence-electron chi connectivity index (χ1n) is 21.1. The average Bonchev–Trinajstić information content (AvgIpc) is 3.88. The van der Waals surface area contributed by atoms with Crippen molar-refractivity contribution in [1.29, 1.82) is 0 Å². The molecular weight excluding hydrogens is 958 g/mol. The Balaban J connectivity index is 0.00000471. The van der Waals surface area contributed by atoms with Gasteiger partial charge in [-0.15, -0.1) is 48.1 Å². The molecule has 0 saturated heterocycles. The zero-order valence-electron chi connectivity index (χ0n) is 36.1. The number of anilines is 4.